The van der Waals surface area contributed by atoms with E-state index in [-0.39, 0.29) is 23.5 Å². The fourth-order valence-electron chi connectivity index (χ4n) is 3.12. The minimum atomic E-state index is -3.91. The smallest absolute Gasteiger partial charge is 0.310 e. The van der Waals surface area contributed by atoms with Crippen LogP contribution in [-0.4, -0.2) is 44.2 Å². The van der Waals surface area contributed by atoms with E-state index >= 15 is 0 Å². The SMILES string of the molecule is O=C(COC(=O)C1CCCN(S(=O)(=O)c2ccc(F)cc2)C1)c1ccc(F)c(F)c1. The summed E-state index contributed by atoms with van der Waals surface area (Å²) in [6.07, 6.45) is 0.769. The van der Waals surface area contributed by atoms with Gasteiger partial charge in [-0.05, 0) is 55.3 Å². The monoisotopic (exact) mass is 441 g/mol. The molecule has 6 nitrogen and oxygen atoms in total. The highest BCUT2D eigenvalue weighted by atomic mass is 32.2. The number of hydrogen-bond donors (Lipinski definition) is 0. The van der Waals surface area contributed by atoms with Crippen LogP contribution in [0.3, 0.4) is 0 Å². The molecule has 3 rings (SSSR count). The van der Waals surface area contributed by atoms with Crippen molar-refractivity contribution in [1.29, 1.82) is 0 Å². The van der Waals surface area contributed by atoms with Crippen LogP contribution >= 0.6 is 0 Å². The molecule has 1 saturated heterocycles. The minimum absolute atomic E-state index is 0.0913. The molecule has 1 aliphatic heterocycles. The molecule has 160 valence electrons. The lowest BCUT2D eigenvalue weighted by molar-refractivity contribution is -0.148. The molecule has 2 aromatic rings. The topological polar surface area (TPSA) is 80.8 Å². The van der Waals surface area contributed by atoms with Gasteiger partial charge in [-0.1, -0.05) is 0 Å². The van der Waals surface area contributed by atoms with Gasteiger partial charge in [0.15, 0.2) is 24.0 Å². The summed E-state index contributed by atoms with van der Waals surface area (Å²) in [7, 11) is -3.91. The number of sulfonamides is 1. The van der Waals surface area contributed by atoms with E-state index in [1.807, 2.05) is 0 Å². The lowest BCUT2D eigenvalue weighted by Gasteiger charge is -2.30. The molecule has 1 heterocycles. The Bertz CT molecular complexity index is 1060. The molecule has 0 aromatic heterocycles. The van der Waals surface area contributed by atoms with Gasteiger partial charge in [-0.15, -0.1) is 0 Å². The summed E-state index contributed by atoms with van der Waals surface area (Å²) in [5, 5.41) is 0. The second-order valence-electron chi connectivity index (χ2n) is 6.82. The van der Waals surface area contributed by atoms with E-state index in [4.69, 9.17) is 4.74 Å². The van der Waals surface area contributed by atoms with Crippen molar-refractivity contribution in [2.45, 2.75) is 17.7 Å². The highest BCUT2D eigenvalue weighted by Crippen LogP contribution is 2.25. The molecule has 2 aromatic carbocycles. The number of ketones is 1. The number of carbonyl (C=O) groups excluding carboxylic acids is 2. The Morgan fingerprint density at radius 3 is 2.40 bits per heavy atom. The van der Waals surface area contributed by atoms with Crippen molar-refractivity contribution in [3.05, 3.63) is 65.5 Å². The predicted octanol–water partition coefficient (Wildman–Crippen LogP) is 2.93. The van der Waals surface area contributed by atoms with Crippen LogP contribution < -0.4 is 0 Å². The summed E-state index contributed by atoms with van der Waals surface area (Å²) in [6, 6.07) is 6.94. The zero-order chi connectivity index (χ0) is 21.9. The summed E-state index contributed by atoms with van der Waals surface area (Å²) in [5.41, 5.74) is -0.147. The Morgan fingerprint density at radius 1 is 1.03 bits per heavy atom. The Hall–Kier alpha value is -2.72. The lowest BCUT2D eigenvalue weighted by atomic mass is 10.00. The Morgan fingerprint density at radius 2 is 1.73 bits per heavy atom. The first-order valence-corrected chi connectivity index (χ1v) is 10.5. The highest BCUT2D eigenvalue weighted by molar-refractivity contribution is 7.89. The van der Waals surface area contributed by atoms with E-state index in [0.717, 1.165) is 40.7 Å². The zero-order valence-corrected chi connectivity index (χ0v) is 16.5. The first-order valence-electron chi connectivity index (χ1n) is 9.09. The molecule has 0 amide bonds. The number of hydrogen-bond acceptors (Lipinski definition) is 5. The Labute approximate surface area is 171 Å². The van der Waals surface area contributed by atoms with Gasteiger partial charge >= 0.3 is 5.97 Å². The van der Waals surface area contributed by atoms with Gasteiger partial charge in [-0.2, -0.15) is 4.31 Å². The number of rotatable bonds is 6. The minimum Gasteiger partial charge on any atom is -0.457 e. The van der Waals surface area contributed by atoms with Crippen LogP contribution in [0.5, 0.6) is 0 Å². The maximum Gasteiger partial charge on any atom is 0.310 e. The van der Waals surface area contributed by atoms with E-state index in [2.05, 4.69) is 0 Å². The van der Waals surface area contributed by atoms with Gasteiger partial charge < -0.3 is 4.74 Å². The van der Waals surface area contributed by atoms with Gasteiger partial charge in [0.05, 0.1) is 10.8 Å². The van der Waals surface area contributed by atoms with Gasteiger partial charge in [-0.25, -0.2) is 21.6 Å². The molecule has 0 aliphatic carbocycles. The molecule has 30 heavy (non-hydrogen) atoms. The number of piperidine rings is 1. The van der Waals surface area contributed by atoms with Crippen LogP contribution in [-0.2, 0) is 19.6 Å². The van der Waals surface area contributed by atoms with Crippen LogP contribution in [0.2, 0.25) is 0 Å². The molecule has 1 fully saturated rings. The van der Waals surface area contributed by atoms with E-state index < -0.39 is 51.8 Å². The van der Waals surface area contributed by atoms with Crippen LogP contribution in [0, 0.1) is 23.4 Å². The molecule has 0 saturated carbocycles. The number of benzene rings is 2. The number of carbonyl (C=O) groups is 2. The number of halogens is 3. The number of ether oxygens (including phenoxy) is 1. The molecule has 1 unspecified atom stereocenters. The molecular formula is C20H18F3NO5S. The number of esters is 1. The summed E-state index contributed by atoms with van der Waals surface area (Å²) in [5.74, 6) is -5.13. The summed E-state index contributed by atoms with van der Waals surface area (Å²) in [4.78, 5) is 24.3. The molecule has 0 N–H and O–H groups in total. The summed E-state index contributed by atoms with van der Waals surface area (Å²) < 4.78 is 70.8. The summed E-state index contributed by atoms with van der Waals surface area (Å²) in [6.45, 7) is -0.625. The number of Topliss-reactive ketones (excluding diaryl/α,β-unsaturated/α-hetero) is 1. The molecule has 1 aliphatic rings. The maximum absolute atomic E-state index is 13.2. The highest BCUT2D eigenvalue weighted by Gasteiger charge is 2.34. The third-order valence-electron chi connectivity index (χ3n) is 4.76. The Balaban J connectivity index is 1.62. The van der Waals surface area contributed by atoms with E-state index in [1.165, 1.54) is 0 Å². The van der Waals surface area contributed by atoms with Gasteiger partial charge in [0.2, 0.25) is 10.0 Å². The van der Waals surface area contributed by atoms with Crippen LogP contribution in [0.1, 0.15) is 23.2 Å². The second-order valence-corrected chi connectivity index (χ2v) is 8.75. The predicted molar refractivity (Wildman–Crippen MR) is 99.5 cm³/mol. The first kappa shape index (κ1) is 22.0. The molecule has 0 bridgehead atoms. The average molecular weight is 441 g/mol. The van der Waals surface area contributed by atoms with E-state index in [0.29, 0.717) is 18.9 Å². The quantitative estimate of drug-likeness (QED) is 0.509. The largest absolute Gasteiger partial charge is 0.457 e. The van der Waals surface area contributed by atoms with Crippen molar-refractivity contribution in [3.8, 4) is 0 Å². The zero-order valence-electron chi connectivity index (χ0n) is 15.7. The van der Waals surface area contributed by atoms with E-state index in [9.17, 15) is 31.2 Å². The van der Waals surface area contributed by atoms with Gasteiger partial charge in [-0.3, -0.25) is 9.59 Å². The third kappa shape index (κ3) is 4.88. The molecule has 1 atom stereocenters. The van der Waals surface area contributed by atoms with Gasteiger partial charge in [0.1, 0.15) is 5.82 Å². The molecule has 0 spiro atoms. The normalized spacial score (nSPS) is 17.5. The fourth-order valence-corrected chi connectivity index (χ4v) is 4.64. The van der Waals surface area contributed by atoms with E-state index in [1.54, 1.807) is 0 Å². The van der Waals surface area contributed by atoms with Crippen LogP contribution in [0.15, 0.2) is 47.4 Å². The maximum atomic E-state index is 13.2. The van der Waals surface area contributed by atoms with Crippen molar-refractivity contribution >= 4 is 21.8 Å². The van der Waals surface area contributed by atoms with Gasteiger partial charge in [0, 0.05) is 18.7 Å². The summed E-state index contributed by atoms with van der Waals surface area (Å²) >= 11 is 0. The van der Waals surface area contributed by atoms with Crippen molar-refractivity contribution in [2.24, 2.45) is 5.92 Å². The molecule has 0 radical (unpaired) electrons. The van der Waals surface area contributed by atoms with Gasteiger partial charge in [0.25, 0.3) is 0 Å². The van der Waals surface area contributed by atoms with Crippen molar-refractivity contribution in [1.82, 2.24) is 4.31 Å². The van der Waals surface area contributed by atoms with Crippen molar-refractivity contribution in [3.63, 3.8) is 0 Å². The average Bonchev–Trinajstić information content (AvgIpc) is 2.74. The number of nitrogens with zero attached hydrogens (tertiary/aromatic N) is 1. The first-order chi connectivity index (χ1) is 14.2. The third-order valence-corrected chi connectivity index (χ3v) is 6.64. The van der Waals surface area contributed by atoms with Crippen molar-refractivity contribution in [2.75, 3.05) is 19.7 Å². The fraction of sp³-hybridized carbons (Fsp3) is 0.300. The molecular weight excluding hydrogens is 423 g/mol. The van der Waals surface area contributed by atoms with Crippen LogP contribution in [0.25, 0.3) is 0 Å². The Kier molecular flexibility index (Phi) is 6.57. The second kappa shape index (κ2) is 8.97. The lowest BCUT2D eigenvalue weighted by Crippen LogP contribution is -2.43. The molecule has 10 heteroatoms. The van der Waals surface area contributed by atoms with Crippen molar-refractivity contribution < 1.29 is 35.9 Å². The standard InChI is InChI=1S/C20H18F3NO5S/c21-15-4-6-16(7-5-15)30(27,28)24-9-1-2-14(11-24)20(26)29-12-19(25)13-3-8-17(22)18(23)10-13/h3-8,10,14H,1-2,9,11-12H2. The van der Waals surface area contributed by atoms with Crippen LogP contribution in [0.4, 0.5) is 13.2 Å².